The third-order valence-corrected chi connectivity index (χ3v) is 5.55. The summed E-state index contributed by atoms with van der Waals surface area (Å²) in [6, 6.07) is 9.48. The Hall–Kier alpha value is -3.46. The fourth-order valence-electron chi connectivity index (χ4n) is 2.42. The lowest BCUT2D eigenvalue weighted by Crippen LogP contribution is -2.28. The van der Waals surface area contributed by atoms with Gasteiger partial charge in [-0.1, -0.05) is 24.3 Å². The van der Waals surface area contributed by atoms with Crippen molar-refractivity contribution in [3.63, 3.8) is 0 Å². The fraction of sp³-hybridized carbons (Fsp3) is 0.150. The molecule has 0 spiro atoms. The summed E-state index contributed by atoms with van der Waals surface area (Å²) in [7, 11) is -0.164. The highest BCUT2D eigenvalue weighted by Crippen LogP contribution is 2.31. The highest BCUT2D eigenvalue weighted by Gasteiger charge is 2.25. The number of nitrogens with zero attached hydrogens (tertiary/aromatic N) is 2. The maximum absolute atomic E-state index is 13.1. The Morgan fingerprint density at radius 2 is 1.48 bits per heavy atom. The maximum Gasteiger partial charge on any atom is 0.330 e. The lowest BCUT2D eigenvalue weighted by Gasteiger charge is -2.23. The summed E-state index contributed by atoms with van der Waals surface area (Å²) in [6.45, 7) is 0. The molecule has 2 aromatic rings. The molecule has 0 aliphatic heterocycles. The van der Waals surface area contributed by atoms with E-state index in [0.29, 0.717) is 11.1 Å². The number of carbonyl (C=O) groups is 2. The van der Waals surface area contributed by atoms with Crippen molar-refractivity contribution < 1.29 is 27.5 Å². The van der Waals surface area contributed by atoms with Crippen LogP contribution in [0.25, 0.3) is 12.2 Å². The van der Waals surface area contributed by atoms with Crippen LogP contribution in [0.2, 0.25) is 0 Å². The van der Waals surface area contributed by atoms with Gasteiger partial charge in [0.2, 0.25) is 0 Å². The van der Waals surface area contributed by atoms with Gasteiger partial charge in [-0.05, 0) is 35.4 Å². The smallest absolute Gasteiger partial charge is 0.330 e. The fourth-order valence-corrected chi connectivity index (χ4v) is 3.60. The molecule has 29 heavy (non-hydrogen) atoms. The highest BCUT2D eigenvalue weighted by molar-refractivity contribution is 7.92. The Kier molecular flexibility index (Phi) is 7.27. The Balaban J connectivity index is 2.64. The van der Waals surface area contributed by atoms with Crippen molar-refractivity contribution in [1.29, 1.82) is 0 Å². The Morgan fingerprint density at radius 1 is 0.931 bits per heavy atom. The van der Waals surface area contributed by atoms with Crippen molar-refractivity contribution in [1.82, 2.24) is 4.98 Å². The molecule has 0 fully saturated rings. The number of para-hydroxylation sites is 1. The average Bonchev–Trinajstić information content (AvgIpc) is 2.75. The van der Waals surface area contributed by atoms with Crippen LogP contribution in [-0.2, 0) is 29.1 Å². The third kappa shape index (κ3) is 5.29. The van der Waals surface area contributed by atoms with Gasteiger partial charge in [0.25, 0.3) is 10.0 Å². The van der Waals surface area contributed by atoms with Crippen molar-refractivity contribution in [3.8, 4) is 0 Å². The van der Waals surface area contributed by atoms with E-state index >= 15 is 0 Å². The van der Waals surface area contributed by atoms with Crippen LogP contribution in [0, 0.1) is 0 Å². The first-order valence-corrected chi connectivity index (χ1v) is 9.80. The molecule has 0 aliphatic rings. The van der Waals surface area contributed by atoms with Crippen LogP contribution in [0.1, 0.15) is 11.1 Å². The number of pyridine rings is 1. The van der Waals surface area contributed by atoms with Crippen molar-refractivity contribution in [2.24, 2.45) is 0 Å². The minimum absolute atomic E-state index is 0.142. The summed E-state index contributed by atoms with van der Waals surface area (Å²) >= 11 is 0. The molecule has 0 saturated carbocycles. The predicted octanol–water partition coefficient (Wildman–Crippen LogP) is 2.28. The Bertz CT molecular complexity index is 1000. The standard InChI is InChI=1S/C20H20N2O6S/c1-22(29(25,26)17-9-4-5-14-21-17)20-15(10-12-18(23)27-2)7-6-8-16(20)11-13-19(24)28-3/h4-14H,1-3H3/b12-10+,13-11+. The summed E-state index contributed by atoms with van der Waals surface area (Å²) < 4.78 is 36.3. The topological polar surface area (TPSA) is 103 Å². The number of carbonyl (C=O) groups excluding carboxylic acids is 2. The van der Waals surface area contributed by atoms with Crippen LogP contribution in [0.15, 0.2) is 59.8 Å². The maximum atomic E-state index is 13.1. The second kappa shape index (κ2) is 9.65. The SMILES string of the molecule is COC(=O)/C=C/c1cccc(/C=C/C(=O)OC)c1N(C)S(=O)(=O)c1ccccn1. The van der Waals surface area contributed by atoms with Crippen LogP contribution < -0.4 is 4.31 Å². The molecular formula is C20H20N2O6S. The minimum Gasteiger partial charge on any atom is -0.466 e. The van der Waals surface area contributed by atoms with E-state index < -0.39 is 22.0 Å². The molecule has 0 bridgehead atoms. The summed E-state index contributed by atoms with van der Waals surface area (Å²) in [4.78, 5) is 26.9. The summed E-state index contributed by atoms with van der Waals surface area (Å²) in [5.74, 6) is -1.19. The van der Waals surface area contributed by atoms with E-state index in [1.165, 1.54) is 57.8 Å². The molecule has 0 N–H and O–H groups in total. The third-order valence-electron chi connectivity index (χ3n) is 3.88. The summed E-state index contributed by atoms with van der Waals surface area (Å²) in [5.41, 5.74) is 1.09. The van der Waals surface area contributed by atoms with Gasteiger partial charge in [0.15, 0.2) is 5.03 Å². The van der Waals surface area contributed by atoms with Crippen molar-refractivity contribution in [2.75, 3.05) is 25.6 Å². The van der Waals surface area contributed by atoms with Gasteiger partial charge in [0.1, 0.15) is 0 Å². The lowest BCUT2D eigenvalue weighted by molar-refractivity contribution is -0.135. The Morgan fingerprint density at radius 3 is 1.93 bits per heavy atom. The largest absolute Gasteiger partial charge is 0.466 e. The van der Waals surface area contributed by atoms with Crippen molar-refractivity contribution in [2.45, 2.75) is 5.03 Å². The average molecular weight is 416 g/mol. The zero-order valence-electron chi connectivity index (χ0n) is 16.1. The van der Waals surface area contributed by atoms with Crippen LogP contribution in [-0.4, -0.2) is 46.6 Å². The molecule has 2 rings (SSSR count). The molecule has 1 aromatic heterocycles. The first kappa shape index (κ1) is 21.8. The van der Waals surface area contributed by atoms with E-state index in [1.807, 2.05) is 0 Å². The minimum atomic E-state index is -4.00. The molecular weight excluding hydrogens is 396 g/mol. The normalized spacial score (nSPS) is 11.6. The van der Waals surface area contributed by atoms with E-state index in [0.717, 1.165) is 4.31 Å². The first-order chi connectivity index (χ1) is 13.8. The summed E-state index contributed by atoms with van der Waals surface area (Å²) in [5, 5.41) is -0.142. The number of ether oxygens (including phenoxy) is 2. The molecule has 1 heterocycles. The second-order valence-electron chi connectivity index (χ2n) is 5.64. The van der Waals surface area contributed by atoms with Gasteiger partial charge in [-0.15, -0.1) is 0 Å². The molecule has 9 heteroatoms. The molecule has 0 atom stereocenters. The van der Waals surface area contributed by atoms with Gasteiger partial charge in [-0.25, -0.2) is 14.6 Å². The van der Waals surface area contributed by atoms with Gasteiger partial charge < -0.3 is 9.47 Å². The lowest BCUT2D eigenvalue weighted by atomic mass is 10.1. The van der Waals surface area contributed by atoms with Gasteiger partial charge in [0, 0.05) is 25.4 Å². The van der Waals surface area contributed by atoms with Gasteiger partial charge >= 0.3 is 11.9 Å². The highest BCUT2D eigenvalue weighted by atomic mass is 32.2. The number of anilines is 1. The van der Waals surface area contributed by atoms with Gasteiger partial charge in [0.05, 0.1) is 19.9 Å². The predicted molar refractivity (Wildman–Crippen MR) is 108 cm³/mol. The van der Waals surface area contributed by atoms with Crippen LogP contribution in [0.4, 0.5) is 5.69 Å². The number of hydrogen-bond acceptors (Lipinski definition) is 7. The van der Waals surface area contributed by atoms with E-state index in [2.05, 4.69) is 14.5 Å². The van der Waals surface area contributed by atoms with Crippen LogP contribution in [0.5, 0.6) is 0 Å². The van der Waals surface area contributed by atoms with E-state index in [-0.39, 0.29) is 10.7 Å². The number of benzene rings is 1. The molecule has 0 unspecified atom stereocenters. The summed E-state index contributed by atoms with van der Waals surface area (Å²) in [6.07, 6.45) is 6.59. The molecule has 0 amide bonds. The van der Waals surface area contributed by atoms with E-state index in [1.54, 1.807) is 30.3 Å². The number of esters is 2. The molecule has 0 radical (unpaired) electrons. The monoisotopic (exact) mass is 416 g/mol. The van der Waals surface area contributed by atoms with Gasteiger partial charge in [-0.3, -0.25) is 4.31 Å². The van der Waals surface area contributed by atoms with Gasteiger partial charge in [-0.2, -0.15) is 8.42 Å². The number of aromatic nitrogens is 1. The number of rotatable bonds is 7. The van der Waals surface area contributed by atoms with Crippen LogP contribution >= 0.6 is 0 Å². The van der Waals surface area contributed by atoms with E-state index in [4.69, 9.17) is 0 Å². The number of hydrogen-bond donors (Lipinski definition) is 0. The molecule has 152 valence electrons. The molecule has 1 aromatic carbocycles. The number of methoxy groups -OCH3 is 2. The number of sulfonamides is 1. The van der Waals surface area contributed by atoms with Crippen LogP contribution in [0.3, 0.4) is 0 Å². The zero-order valence-corrected chi connectivity index (χ0v) is 16.9. The molecule has 0 aliphatic carbocycles. The molecule has 8 nitrogen and oxygen atoms in total. The quantitative estimate of drug-likeness (QED) is 0.504. The molecule has 0 saturated heterocycles. The van der Waals surface area contributed by atoms with Crippen molar-refractivity contribution in [3.05, 3.63) is 65.9 Å². The van der Waals surface area contributed by atoms with E-state index in [9.17, 15) is 18.0 Å². The van der Waals surface area contributed by atoms with Crippen molar-refractivity contribution >= 4 is 39.8 Å². The zero-order chi connectivity index (χ0) is 21.4. The first-order valence-electron chi connectivity index (χ1n) is 8.36. The second-order valence-corrected chi connectivity index (χ2v) is 7.55. The Labute approximate surface area is 169 Å².